The molecule has 4 unspecified atom stereocenters. The van der Waals surface area contributed by atoms with Crippen molar-refractivity contribution in [1.82, 2.24) is 0 Å². The molecule has 0 heterocycles. The van der Waals surface area contributed by atoms with Crippen LogP contribution in [0.1, 0.15) is 66.2 Å². The molecule has 0 nitrogen and oxygen atoms in total. The van der Waals surface area contributed by atoms with Gasteiger partial charge < -0.3 is 0 Å². The summed E-state index contributed by atoms with van der Waals surface area (Å²) in [7, 11) is 0. The summed E-state index contributed by atoms with van der Waals surface area (Å²) in [6.45, 7) is 9.41. The number of hydrogen-bond acceptors (Lipinski definition) is 0. The fraction of sp³-hybridized carbons (Fsp3) is 1.00. The molecule has 1 saturated carbocycles. The lowest BCUT2D eigenvalue weighted by Crippen LogP contribution is -2.29. The van der Waals surface area contributed by atoms with E-state index in [9.17, 15) is 0 Å². The first-order chi connectivity index (χ1) is 7.54. The molecule has 0 aromatic rings. The van der Waals surface area contributed by atoms with Crippen molar-refractivity contribution in [2.75, 3.05) is 0 Å². The van der Waals surface area contributed by atoms with E-state index in [0.717, 1.165) is 23.7 Å². The molecule has 0 bridgehead atoms. The smallest absolute Gasteiger partial charge is 0.0364 e. The molecule has 96 valence electrons. The Kier molecular flexibility index (Phi) is 6.18. The van der Waals surface area contributed by atoms with E-state index < -0.39 is 0 Å². The van der Waals surface area contributed by atoms with Gasteiger partial charge in [0.1, 0.15) is 0 Å². The summed E-state index contributed by atoms with van der Waals surface area (Å²) >= 11 is 6.50. The highest BCUT2D eigenvalue weighted by Crippen LogP contribution is 2.39. The average Bonchev–Trinajstić information content (AvgIpc) is 2.21. The molecule has 0 amide bonds. The van der Waals surface area contributed by atoms with Crippen LogP contribution in [-0.2, 0) is 0 Å². The van der Waals surface area contributed by atoms with Gasteiger partial charge in [0.15, 0.2) is 0 Å². The Morgan fingerprint density at radius 2 is 1.88 bits per heavy atom. The predicted molar refractivity (Wildman–Crippen MR) is 74.0 cm³/mol. The monoisotopic (exact) mass is 244 g/mol. The minimum atomic E-state index is 0.453. The second kappa shape index (κ2) is 6.89. The second-order valence-electron chi connectivity index (χ2n) is 6.22. The van der Waals surface area contributed by atoms with E-state index in [4.69, 9.17) is 11.6 Å². The van der Waals surface area contributed by atoms with Gasteiger partial charge in [0, 0.05) is 5.38 Å². The maximum absolute atomic E-state index is 6.50. The quantitative estimate of drug-likeness (QED) is 0.561. The molecule has 0 spiro atoms. The van der Waals surface area contributed by atoms with Gasteiger partial charge in [-0.05, 0) is 49.4 Å². The number of halogens is 1. The summed E-state index contributed by atoms with van der Waals surface area (Å²) < 4.78 is 0. The van der Waals surface area contributed by atoms with E-state index in [1.807, 2.05) is 0 Å². The van der Waals surface area contributed by atoms with E-state index in [2.05, 4.69) is 27.7 Å². The van der Waals surface area contributed by atoms with Gasteiger partial charge in [0.2, 0.25) is 0 Å². The zero-order valence-electron chi connectivity index (χ0n) is 11.5. The van der Waals surface area contributed by atoms with E-state index in [1.165, 1.54) is 38.5 Å². The molecular formula is C15H29Cl. The van der Waals surface area contributed by atoms with Gasteiger partial charge in [-0.25, -0.2) is 0 Å². The number of hydrogen-bond donors (Lipinski definition) is 0. The van der Waals surface area contributed by atoms with Crippen LogP contribution in [0.5, 0.6) is 0 Å². The van der Waals surface area contributed by atoms with Gasteiger partial charge in [-0.3, -0.25) is 0 Å². The lowest BCUT2D eigenvalue weighted by molar-refractivity contribution is 0.193. The van der Waals surface area contributed by atoms with Gasteiger partial charge in [-0.15, -0.1) is 11.6 Å². The predicted octanol–water partition coefficient (Wildman–Crippen LogP) is 5.49. The van der Waals surface area contributed by atoms with Crippen molar-refractivity contribution in [3.63, 3.8) is 0 Å². The minimum absolute atomic E-state index is 0.453. The Morgan fingerprint density at radius 1 is 1.19 bits per heavy atom. The SMILES string of the molecule is CCCC(C)CC1CC(C(C)C)CCC1Cl. The van der Waals surface area contributed by atoms with Gasteiger partial charge in [0.05, 0.1) is 0 Å². The molecule has 0 aromatic heterocycles. The molecule has 0 radical (unpaired) electrons. The van der Waals surface area contributed by atoms with Crippen LogP contribution in [0.25, 0.3) is 0 Å². The Labute approximate surface area is 107 Å². The van der Waals surface area contributed by atoms with Gasteiger partial charge in [0.25, 0.3) is 0 Å². The highest BCUT2D eigenvalue weighted by Gasteiger charge is 2.31. The van der Waals surface area contributed by atoms with Crippen molar-refractivity contribution in [1.29, 1.82) is 0 Å². The van der Waals surface area contributed by atoms with Crippen LogP contribution in [0.4, 0.5) is 0 Å². The molecule has 0 saturated heterocycles. The zero-order valence-corrected chi connectivity index (χ0v) is 12.3. The van der Waals surface area contributed by atoms with Crippen LogP contribution < -0.4 is 0 Å². The first-order valence-electron chi connectivity index (χ1n) is 7.18. The number of rotatable bonds is 5. The molecular weight excluding hydrogens is 216 g/mol. The molecule has 1 rings (SSSR count). The highest BCUT2D eigenvalue weighted by molar-refractivity contribution is 6.20. The first-order valence-corrected chi connectivity index (χ1v) is 7.62. The lowest BCUT2D eigenvalue weighted by atomic mass is 9.73. The summed E-state index contributed by atoms with van der Waals surface area (Å²) in [6.07, 6.45) is 8.00. The van der Waals surface area contributed by atoms with Crippen molar-refractivity contribution < 1.29 is 0 Å². The Morgan fingerprint density at radius 3 is 2.44 bits per heavy atom. The van der Waals surface area contributed by atoms with Crippen LogP contribution in [0, 0.1) is 23.7 Å². The minimum Gasteiger partial charge on any atom is -0.123 e. The Balaban J connectivity index is 2.43. The molecule has 0 N–H and O–H groups in total. The topological polar surface area (TPSA) is 0 Å². The van der Waals surface area contributed by atoms with Crippen LogP contribution in [-0.4, -0.2) is 5.38 Å². The van der Waals surface area contributed by atoms with Crippen molar-refractivity contribution in [2.45, 2.75) is 71.6 Å². The Hall–Kier alpha value is 0.290. The average molecular weight is 245 g/mol. The molecule has 1 aliphatic carbocycles. The third kappa shape index (κ3) is 4.28. The van der Waals surface area contributed by atoms with E-state index in [1.54, 1.807) is 0 Å². The summed E-state index contributed by atoms with van der Waals surface area (Å²) in [6, 6.07) is 0. The van der Waals surface area contributed by atoms with Crippen molar-refractivity contribution in [2.24, 2.45) is 23.7 Å². The first kappa shape index (κ1) is 14.4. The van der Waals surface area contributed by atoms with Crippen LogP contribution in [0.15, 0.2) is 0 Å². The van der Waals surface area contributed by atoms with Crippen molar-refractivity contribution in [3.8, 4) is 0 Å². The van der Waals surface area contributed by atoms with E-state index in [0.29, 0.717) is 5.38 Å². The lowest BCUT2D eigenvalue weighted by Gasteiger charge is -2.36. The summed E-state index contributed by atoms with van der Waals surface area (Å²) in [5, 5.41) is 0.453. The maximum atomic E-state index is 6.50. The molecule has 0 aliphatic heterocycles. The normalized spacial score (nSPS) is 33.0. The van der Waals surface area contributed by atoms with Crippen LogP contribution in [0.3, 0.4) is 0 Å². The number of alkyl halides is 1. The van der Waals surface area contributed by atoms with Gasteiger partial charge in [-0.1, -0.05) is 40.5 Å². The third-order valence-corrected chi connectivity index (χ3v) is 4.93. The Bertz CT molecular complexity index is 188. The molecule has 1 heteroatoms. The van der Waals surface area contributed by atoms with Crippen molar-refractivity contribution in [3.05, 3.63) is 0 Å². The van der Waals surface area contributed by atoms with Gasteiger partial charge >= 0.3 is 0 Å². The zero-order chi connectivity index (χ0) is 12.1. The summed E-state index contributed by atoms with van der Waals surface area (Å²) in [5.41, 5.74) is 0. The standard InChI is InChI=1S/C15H29Cl/c1-5-6-12(4)9-14-10-13(11(2)3)7-8-15(14)16/h11-15H,5-10H2,1-4H3. The summed E-state index contributed by atoms with van der Waals surface area (Å²) in [5.74, 6) is 3.41. The van der Waals surface area contributed by atoms with Gasteiger partial charge in [-0.2, -0.15) is 0 Å². The molecule has 4 atom stereocenters. The maximum Gasteiger partial charge on any atom is 0.0364 e. The van der Waals surface area contributed by atoms with Crippen molar-refractivity contribution >= 4 is 11.6 Å². The fourth-order valence-electron chi connectivity index (χ4n) is 3.24. The second-order valence-corrected chi connectivity index (χ2v) is 6.78. The molecule has 0 aromatic carbocycles. The molecule has 16 heavy (non-hydrogen) atoms. The largest absolute Gasteiger partial charge is 0.123 e. The molecule has 1 fully saturated rings. The third-order valence-electron chi connectivity index (χ3n) is 4.36. The van der Waals surface area contributed by atoms with E-state index >= 15 is 0 Å². The van der Waals surface area contributed by atoms with Crippen LogP contribution >= 0.6 is 11.6 Å². The fourth-order valence-corrected chi connectivity index (χ4v) is 3.57. The molecule has 1 aliphatic rings. The summed E-state index contributed by atoms with van der Waals surface area (Å²) in [4.78, 5) is 0. The van der Waals surface area contributed by atoms with Crippen LogP contribution in [0.2, 0.25) is 0 Å². The van der Waals surface area contributed by atoms with E-state index in [-0.39, 0.29) is 0 Å². The highest BCUT2D eigenvalue weighted by atomic mass is 35.5.